The Morgan fingerprint density at radius 1 is 1.55 bits per heavy atom. The number of hydrogen-bond acceptors (Lipinski definition) is 2. The molecule has 0 aromatic heterocycles. The summed E-state index contributed by atoms with van der Waals surface area (Å²) < 4.78 is 0. The molecule has 1 heterocycles. The van der Waals surface area contributed by atoms with E-state index in [2.05, 4.69) is 9.58 Å². The number of carbonyl (C=O) groups is 1. The molecule has 11 heavy (non-hydrogen) atoms. The molecule has 0 aliphatic carbocycles. The molecule has 0 N–H and O–H groups in total. The second-order valence-electron chi connectivity index (χ2n) is 2.44. The molecule has 1 amide bonds. The zero-order valence-corrected chi connectivity index (χ0v) is 6.77. The van der Waals surface area contributed by atoms with Crippen LogP contribution >= 0.6 is 0 Å². The van der Waals surface area contributed by atoms with Gasteiger partial charge in [0.1, 0.15) is 0 Å². The Bertz CT molecular complexity index is 281. The fraction of sp³-hybridized carbons (Fsp3) is 0.500. The van der Waals surface area contributed by atoms with Gasteiger partial charge in [0.2, 0.25) is 4.79 Å². The van der Waals surface area contributed by atoms with Gasteiger partial charge in [0, 0.05) is 0 Å². The molecule has 5 nitrogen and oxygen atoms in total. The Balaban J connectivity index is 3.06. The zero-order chi connectivity index (χ0) is 8.43. The van der Waals surface area contributed by atoms with Crippen LogP contribution in [0, 0.1) is 0 Å². The number of guanidine groups is 1. The first kappa shape index (κ1) is 7.54. The third-order valence-electron chi connectivity index (χ3n) is 1.35. The Hall–Kier alpha value is -1.57. The molecule has 5 heteroatoms. The van der Waals surface area contributed by atoms with E-state index in [-0.39, 0.29) is 5.91 Å². The minimum Gasteiger partial charge on any atom is -0.249 e. The number of amides is 1. The quantitative estimate of drug-likeness (QED) is 0.391. The largest absolute Gasteiger partial charge is 0.537 e. The summed E-state index contributed by atoms with van der Waals surface area (Å²) in [7, 11) is 5.28. The third kappa shape index (κ3) is 1.29. The average molecular weight is 154 g/mol. The molecule has 0 saturated heterocycles. The number of nitrogens with zero attached hydrogens (tertiary/aromatic N) is 4. The maximum atomic E-state index is 11.0. The smallest absolute Gasteiger partial charge is 0.249 e. The van der Waals surface area contributed by atoms with E-state index in [4.69, 9.17) is 0 Å². The van der Waals surface area contributed by atoms with E-state index in [0.717, 1.165) is 0 Å². The third-order valence-corrected chi connectivity index (χ3v) is 1.35. The maximum Gasteiger partial charge on any atom is 0.537 e. The molecule has 0 unspecified atom stereocenters. The van der Waals surface area contributed by atoms with Crippen LogP contribution in [0.25, 0.3) is 0 Å². The lowest BCUT2D eigenvalue weighted by Gasteiger charge is -2.07. The summed E-state index contributed by atoms with van der Waals surface area (Å²) in [6, 6.07) is 0. The summed E-state index contributed by atoms with van der Waals surface area (Å²) in [5, 5.41) is 0. The van der Waals surface area contributed by atoms with Crippen molar-refractivity contribution in [3.63, 3.8) is 0 Å². The van der Waals surface area contributed by atoms with Crippen molar-refractivity contribution in [3.05, 3.63) is 0 Å². The average Bonchev–Trinajstić information content (AvgIpc) is 1.94. The van der Waals surface area contributed by atoms with Gasteiger partial charge in [0.15, 0.2) is 4.79 Å². The highest BCUT2D eigenvalue weighted by Gasteiger charge is 2.34. The Labute approximate surface area is 64.4 Å². The van der Waals surface area contributed by atoms with Crippen molar-refractivity contribution in [1.82, 2.24) is 9.80 Å². The van der Waals surface area contributed by atoms with Crippen LogP contribution in [0.15, 0.2) is 0 Å². The highest BCUT2D eigenvalue weighted by molar-refractivity contribution is 6.27. The first-order valence-corrected chi connectivity index (χ1v) is 3.19. The maximum absolute atomic E-state index is 11.0. The number of hydrogen-bond donors (Lipinski definition) is 0. The summed E-state index contributed by atoms with van der Waals surface area (Å²) in [5.74, 6) is 0.404. The van der Waals surface area contributed by atoms with E-state index in [0.29, 0.717) is 5.96 Å². The van der Waals surface area contributed by atoms with Crippen molar-refractivity contribution in [2.45, 2.75) is 0 Å². The van der Waals surface area contributed by atoms with Crippen LogP contribution in [0.1, 0.15) is 0 Å². The van der Waals surface area contributed by atoms with E-state index >= 15 is 0 Å². The summed E-state index contributed by atoms with van der Waals surface area (Å²) >= 11 is 0. The summed E-state index contributed by atoms with van der Waals surface area (Å²) in [5.41, 5.74) is 0. The van der Waals surface area contributed by atoms with E-state index in [1.165, 1.54) is 11.1 Å². The van der Waals surface area contributed by atoms with Crippen LogP contribution in [-0.4, -0.2) is 58.6 Å². The SMILES string of the molecule is CN(C)C1=[N+]=[N+]=CC(=O)N1C. The summed E-state index contributed by atoms with van der Waals surface area (Å²) in [6.45, 7) is 0. The molecule has 1 rings (SSSR count). The number of rotatable bonds is 0. The topological polar surface area (TPSA) is 51.8 Å². The minimum atomic E-state index is -0.149. The molecule has 58 valence electrons. The highest BCUT2D eigenvalue weighted by Crippen LogP contribution is 1.88. The Morgan fingerprint density at radius 3 is 2.64 bits per heavy atom. The van der Waals surface area contributed by atoms with Crippen molar-refractivity contribution >= 4 is 18.1 Å². The van der Waals surface area contributed by atoms with Gasteiger partial charge in [-0.05, 0) is 0 Å². The highest BCUT2D eigenvalue weighted by atomic mass is 16.2. The first-order valence-electron chi connectivity index (χ1n) is 3.19. The summed E-state index contributed by atoms with van der Waals surface area (Å²) in [4.78, 5) is 21.5. The Morgan fingerprint density at radius 2 is 2.18 bits per heavy atom. The standard InChI is InChI=1S/C6H10N4O/c1-9(2)6-8-7-4-5(11)10(6)3/h4H,1-3H3/q+2. The van der Waals surface area contributed by atoms with Crippen LogP contribution < -0.4 is 0 Å². The van der Waals surface area contributed by atoms with Crippen LogP contribution in [0.2, 0.25) is 0 Å². The normalized spacial score (nSPS) is 15.4. The molecule has 0 fully saturated rings. The molecule has 0 atom stereocenters. The second kappa shape index (κ2) is 2.58. The molecule has 0 aromatic carbocycles. The van der Waals surface area contributed by atoms with Crippen molar-refractivity contribution in [2.24, 2.45) is 0 Å². The summed E-state index contributed by atoms with van der Waals surface area (Å²) in [6.07, 6.45) is 1.19. The predicted octanol–water partition coefficient (Wildman–Crippen LogP) is -1.68. The molecule has 0 aromatic rings. The van der Waals surface area contributed by atoms with Gasteiger partial charge in [-0.2, -0.15) is 4.90 Å². The molecule has 0 radical (unpaired) electrons. The van der Waals surface area contributed by atoms with Gasteiger partial charge >= 0.3 is 18.1 Å². The monoisotopic (exact) mass is 154 g/mol. The molecule has 0 saturated carbocycles. The fourth-order valence-corrected chi connectivity index (χ4v) is 0.772. The molecular weight excluding hydrogens is 144 g/mol. The van der Waals surface area contributed by atoms with Crippen molar-refractivity contribution < 1.29 is 14.4 Å². The van der Waals surface area contributed by atoms with Gasteiger partial charge in [-0.3, -0.25) is 0 Å². The predicted molar refractivity (Wildman–Crippen MR) is 38.0 cm³/mol. The van der Waals surface area contributed by atoms with Crippen LogP contribution in [0.3, 0.4) is 0 Å². The van der Waals surface area contributed by atoms with Gasteiger partial charge in [0.05, 0.1) is 21.1 Å². The van der Waals surface area contributed by atoms with Gasteiger partial charge in [-0.1, -0.05) is 0 Å². The Kier molecular flexibility index (Phi) is 1.77. The van der Waals surface area contributed by atoms with Gasteiger partial charge in [0.25, 0.3) is 0 Å². The minimum absolute atomic E-state index is 0.149. The lowest BCUT2D eigenvalue weighted by Crippen LogP contribution is -2.45. The van der Waals surface area contributed by atoms with E-state index in [9.17, 15) is 4.79 Å². The van der Waals surface area contributed by atoms with Crippen molar-refractivity contribution in [2.75, 3.05) is 21.1 Å². The molecule has 1 aliphatic rings. The zero-order valence-electron chi connectivity index (χ0n) is 6.77. The lowest BCUT2D eigenvalue weighted by molar-refractivity contribution is -0.552. The van der Waals surface area contributed by atoms with E-state index in [1.807, 2.05) is 14.1 Å². The van der Waals surface area contributed by atoms with Crippen LogP contribution in [0.4, 0.5) is 0 Å². The van der Waals surface area contributed by atoms with Crippen molar-refractivity contribution in [3.8, 4) is 0 Å². The van der Waals surface area contributed by atoms with Gasteiger partial charge in [-0.25, -0.2) is 9.69 Å². The van der Waals surface area contributed by atoms with E-state index in [1.54, 1.807) is 11.9 Å². The van der Waals surface area contributed by atoms with Gasteiger partial charge < -0.3 is 0 Å². The molecule has 0 bridgehead atoms. The van der Waals surface area contributed by atoms with Crippen LogP contribution in [0.5, 0.6) is 0 Å². The van der Waals surface area contributed by atoms with Crippen LogP contribution in [-0.2, 0) is 4.79 Å². The number of carbonyl (C=O) groups excluding carboxylic acids is 1. The first-order chi connectivity index (χ1) is 5.13. The van der Waals surface area contributed by atoms with Gasteiger partial charge in [-0.15, -0.1) is 0 Å². The fourth-order valence-electron chi connectivity index (χ4n) is 0.772. The molecule has 0 spiro atoms. The molecular formula is C6H10N4O+2. The van der Waals surface area contributed by atoms with Crippen molar-refractivity contribution in [1.29, 1.82) is 0 Å². The second-order valence-corrected chi connectivity index (χ2v) is 2.44. The van der Waals surface area contributed by atoms with E-state index < -0.39 is 0 Å². The lowest BCUT2D eigenvalue weighted by atomic mass is 10.5. The molecule has 1 aliphatic heterocycles.